The predicted molar refractivity (Wildman–Crippen MR) is 75.1 cm³/mol. The van der Waals surface area contributed by atoms with E-state index >= 15 is 0 Å². The second-order valence-corrected chi connectivity index (χ2v) is 4.87. The smallest absolute Gasteiger partial charge is 0.157 e. The number of ether oxygens (including phenoxy) is 3. The van der Waals surface area contributed by atoms with E-state index in [0.717, 1.165) is 38.9 Å². The maximum Gasteiger partial charge on any atom is 0.157 e. The summed E-state index contributed by atoms with van der Waals surface area (Å²) < 4.78 is 16.7. The monoisotopic (exact) mass is 264 g/mol. The zero-order valence-corrected chi connectivity index (χ0v) is 11.6. The van der Waals surface area contributed by atoms with Crippen LogP contribution in [0.4, 0.5) is 0 Å². The average molecular weight is 264 g/mol. The van der Waals surface area contributed by atoms with E-state index in [1.165, 1.54) is 12.0 Å². The zero-order valence-electron chi connectivity index (χ0n) is 11.6. The van der Waals surface area contributed by atoms with Crippen LogP contribution in [-0.2, 0) is 20.6 Å². The topological polar surface area (TPSA) is 27.7 Å². The van der Waals surface area contributed by atoms with E-state index in [-0.39, 0.29) is 6.29 Å². The highest BCUT2D eigenvalue weighted by Gasteiger charge is 2.13. The van der Waals surface area contributed by atoms with Crippen molar-refractivity contribution in [2.75, 3.05) is 26.4 Å². The molecule has 3 heteroatoms. The van der Waals surface area contributed by atoms with Crippen LogP contribution >= 0.6 is 0 Å². The molecule has 1 unspecified atom stereocenters. The molecule has 1 aliphatic heterocycles. The van der Waals surface area contributed by atoms with Gasteiger partial charge in [0, 0.05) is 13.2 Å². The highest BCUT2D eigenvalue weighted by atomic mass is 16.7. The Hall–Kier alpha value is -0.900. The van der Waals surface area contributed by atoms with Gasteiger partial charge in [0.2, 0.25) is 0 Å². The zero-order chi connectivity index (χ0) is 13.2. The Kier molecular flexibility index (Phi) is 6.93. The van der Waals surface area contributed by atoms with Crippen LogP contribution in [0.5, 0.6) is 0 Å². The predicted octanol–water partition coefficient (Wildman–Crippen LogP) is 3.18. The molecule has 0 N–H and O–H groups in total. The first-order valence-electron chi connectivity index (χ1n) is 7.30. The van der Waals surface area contributed by atoms with Crippen LogP contribution in [0.3, 0.4) is 0 Å². The maximum absolute atomic E-state index is 5.60. The third-order valence-corrected chi connectivity index (χ3v) is 3.27. The maximum atomic E-state index is 5.60. The summed E-state index contributed by atoms with van der Waals surface area (Å²) in [5.74, 6) is 0. The molecule has 0 spiro atoms. The van der Waals surface area contributed by atoms with Crippen LogP contribution in [0, 0.1) is 0 Å². The molecule has 0 aliphatic carbocycles. The van der Waals surface area contributed by atoms with Gasteiger partial charge < -0.3 is 14.2 Å². The SMILES string of the molecule is c1ccc(CCCOCCOC2CCCCO2)cc1. The Balaban J connectivity index is 1.42. The normalized spacial score (nSPS) is 19.5. The van der Waals surface area contributed by atoms with E-state index in [9.17, 15) is 0 Å². The van der Waals surface area contributed by atoms with Crippen LogP contribution in [0.1, 0.15) is 31.2 Å². The lowest BCUT2D eigenvalue weighted by Crippen LogP contribution is -2.24. The third kappa shape index (κ3) is 6.19. The van der Waals surface area contributed by atoms with Gasteiger partial charge in [-0.15, -0.1) is 0 Å². The number of hydrogen-bond acceptors (Lipinski definition) is 3. The van der Waals surface area contributed by atoms with Crippen molar-refractivity contribution in [1.29, 1.82) is 0 Å². The highest BCUT2D eigenvalue weighted by Crippen LogP contribution is 2.13. The molecule has 0 aromatic heterocycles. The van der Waals surface area contributed by atoms with Crippen molar-refractivity contribution in [3.05, 3.63) is 35.9 Å². The molecule has 0 bridgehead atoms. The Morgan fingerprint density at radius 2 is 1.95 bits per heavy atom. The lowest BCUT2D eigenvalue weighted by Gasteiger charge is -2.22. The van der Waals surface area contributed by atoms with Gasteiger partial charge in [0.1, 0.15) is 0 Å². The van der Waals surface area contributed by atoms with Gasteiger partial charge in [-0.05, 0) is 37.7 Å². The van der Waals surface area contributed by atoms with Crippen LogP contribution in [0.15, 0.2) is 30.3 Å². The van der Waals surface area contributed by atoms with Crippen LogP contribution in [0.2, 0.25) is 0 Å². The molecule has 1 atom stereocenters. The molecule has 0 amide bonds. The van der Waals surface area contributed by atoms with Crippen LogP contribution in [0.25, 0.3) is 0 Å². The highest BCUT2D eigenvalue weighted by molar-refractivity contribution is 5.14. The van der Waals surface area contributed by atoms with E-state index in [4.69, 9.17) is 14.2 Å². The van der Waals surface area contributed by atoms with Gasteiger partial charge in [-0.3, -0.25) is 0 Å². The summed E-state index contributed by atoms with van der Waals surface area (Å²) in [6.45, 7) is 2.93. The second-order valence-electron chi connectivity index (χ2n) is 4.87. The van der Waals surface area contributed by atoms with Gasteiger partial charge in [-0.25, -0.2) is 0 Å². The quantitative estimate of drug-likeness (QED) is 0.675. The van der Waals surface area contributed by atoms with E-state index in [1.54, 1.807) is 0 Å². The van der Waals surface area contributed by atoms with Crippen LogP contribution < -0.4 is 0 Å². The molecule has 19 heavy (non-hydrogen) atoms. The Morgan fingerprint density at radius 3 is 2.74 bits per heavy atom. The number of benzene rings is 1. The molecule has 106 valence electrons. The molecule has 2 rings (SSSR count). The third-order valence-electron chi connectivity index (χ3n) is 3.27. The van der Waals surface area contributed by atoms with Crippen molar-refractivity contribution in [2.45, 2.75) is 38.4 Å². The average Bonchev–Trinajstić information content (AvgIpc) is 2.48. The fourth-order valence-corrected chi connectivity index (χ4v) is 2.21. The first-order chi connectivity index (χ1) is 9.45. The summed E-state index contributed by atoms with van der Waals surface area (Å²) in [6, 6.07) is 10.5. The molecule has 1 aliphatic rings. The molecule has 1 saturated heterocycles. The summed E-state index contributed by atoms with van der Waals surface area (Å²) in [4.78, 5) is 0. The molecular weight excluding hydrogens is 240 g/mol. The van der Waals surface area contributed by atoms with Crippen LogP contribution in [-0.4, -0.2) is 32.7 Å². The summed E-state index contributed by atoms with van der Waals surface area (Å²) in [6.07, 6.45) is 5.53. The van der Waals surface area contributed by atoms with E-state index < -0.39 is 0 Å². The summed E-state index contributed by atoms with van der Waals surface area (Å²) >= 11 is 0. The molecule has 1 aromatic rings. The van der Waals surface area contributed by atoms with E-state index in [0.29, 0.717) is 13.2 Å². The van der Waals surface area contributed by atoms with Crippen molar-refractivity contribution < 1.29 is 14.2 Å². The lowest BCUT2D eigenvalue weighted by molar-refractivity contribution is -0.169. The van der Waals surface area contributed by atoms with Gasteiger partial charge in [0.15, 0.2) is 6.29 Å². The Labute approximate surface area is 115 Å². The van der Waals surface area contributed by atoms with Gasteiger partial charge in [-0.1, -0.05) is 30.3 Å². The Bertz CT molecular complexity index is 320. The fourth-order valence-electron chi connectivity index (χ4n) is 2.21. The van der Waals surface area contributed by atoms with Crippen molar-refractivity contribution in [2.24, 2.45) is 0 Å². The standard InChI is InChI=1S/C16H24O3/c1-2-7-15(8-3-1)9-6-11-17-13-14-19-16-10-4-5-12-18-16/h1-3,7-8,16H,4-6,9-14H2. The minimum absolute atomic E-state index is 0.00155. The largest absolute Gasteiger partial charge is 0.379 e. The van der Waals surface area contributed by atoms with Gasteiger partial charge in [-0.2, -0.15) is 0 Å². The van der Waals surface area contributed by atoms with E-state index in [1.807, 2.05) is 6.07 Å². The van der Waals surface area contributed by atoms with E-state index in [2.05, 4.69) is 24.3 Å². The minimum Gasteiger partial charge on any atom is -0.379 e. The summed E-state index contributed by atoms with van der Waals surface area (Å²) in [7, 11) is 0. The molecule has 3 nitrogen and oxygen atoms in total. The fraction of sp³-hybridized carbons (Fsp3) is 0.625. The van der Waals surface area contributed by atoms with Crippen molar-refractivity contribution >= 4 is 0 Å². The van der Waals surface area contributed by atoms with Crippen molar-refractivity contribution in [1.82, 2.24) is 0 Å². The molecule has 1 aromatic carbocycles. The summed E-state index contributed by atoms with van der Waals surface area (Å²) in [5, 5.41) is 0. The molecule has 0 radical (unpaired) electrons. The second kappa shape index (κ2) is 9.08. The van der Waals surface area contributed by atoms with Gasteiger partial charge in [0.05, 0.1) is 13.2 Å². The lowest BCUT2D eigenvalue weighted by atomic mass is 10.1. The first kappa shape index (κ1) is 14.5. The molecular formula is C16H24O3. The van der Waals surface area contributed by atoms with Crippen molar-refractivity contribution in [3.8, 4) is 0 Å². The van der Waals surface area contributed by atoms with Gasteiger partial charge >= 0.3 is 0 Å². The summed E-state index contributed by atoms with van der Waals surface area (Å²) in [5.41, 5.74) is 1.37. The Morgan fingerprint density at radius 1 is 1.05 bits per heavy atom. The minimum atomic E-state index is 0.00155. The number of rotatable bonds is 8. The van der Waals surface area contributed by atoms with Gasteiger partial charge in [0.25, 0.3) is 0 Å². The number of aryl methyl sites for hydroxylation is 1. The number of hydrogen-bond donors (Lipinski definition) is 0. The molecule has 1 heterocycles. The molecule has 1 fully saturated rings. The first-order valence-corrected chi connectivity index (χ1v) is 7.30. The molecule has 0 saturated carbocycles. The van der Waals surface area contributed by atoms with Crippen molar-refractivity contribution in [3.63, 3.8) is 0 Å².